The largest absolute Gasteiger partial charge is 0.347 e. The summed E-state index contributed by atoms with van der Waals surface area (Å²) in [6, 6.07) is 9.84. The summed E-state index contributed by atoms with van der Waals surface area (Å²) in [5.74, 6) is 0.267. The van der Waals surface area contributed by atoms with E-state index in [9.17, 15) is 9.59 Å². The number of aromatic nitrogens is 3. The fourth-order valence-electron chi connectivity index (χ4n) is 2.82. The van der Waals surface area contributed by atoms with Gasteiger partial charge in [0, 0.05) is 25.6 Å². The van der Waals surface area contributed by atoms with E-state index in [2.05, 4.69) is 15.6 Å². The molecule has 1 saturated carbocycles. The second-order valence-corrected chi connectivity index (χ2v) is 6.42. The van der Waals surface area contributed by atoms with Crippen LogP contribution in [0.25, 0.3) is 0 Å². The Morgan fingerprint density at radius 3 is 2.62 bits per heavy atom. The number of hydrogen-bond donors (Lipinski definition) is 1. The first-order chi connectivity index (χ1) is 11.7. The zero-order valence-electron chi connectivity index (χ0n) is 13.3. The molecule has 24 heavy (non-hydrogen) atoms. The van der Waals surface area contributed by atoms with Crippen molar-refractivity contribution in [3.8, 4) is 0 Å². The molecule has 0 radical (unpaired) electrons. The average Bonchev–Trinajstić information content (AvgIpc) is 3.31. The highest BCUT2D eigenvalue weighted by Gasteiger charge is 2.40. The summed E-state index contributed by atoms with van der Waals surface area (Å²) in [7, 11) is 0. The van der Waals surface area contributed by atoms with Crippen LogP contribution in [0, 0.1) is 5.92 Å². The smallest absolute Gasteiger partial charge is 0.273 e. The molecule has 0 spiro atoms. The zero-order valence-corrected chi connectivity index (χ0v) is 13.3. The van der Waals surface area contributed by atoms with E-state index >= 15 is 0 Å². The fourth-order valence-corrected chi connectivity index (χ4v) is 2.82. The predicted octanol–water partition coefficient (Wildman–Crippen LogP) is 1.00. The minimum atomic E-state index is -0.240. The average molecular weight is 325 g/mol. The topological polar surface area (TPSA) is 80.1 Å². The molecule has 0 bridgehead atoms. The van der Waals surface area contributed by atoms with Gasteiger partial charge in [-0.3, -0.25) is 9.59 Å². The van der Waals surface area contributed by atoms with E-state index in [-0.39, 0.29) is 23.8 Å². The number of rotatable bonds is 5. The number of likely N-dealkylation sites (tertiary alicyclic amines) is 1. The lowest BCUT2D eigenvalue weighted by molar-refractivity contribution is -0.138. The van der Waals surface area contributed by atoms with Gasteiger partial charge in [-0.25, -0.2) is 4.68 Å². The Hall–Kier alpha value is -2.70. The molecular formula is C17H19N5O2. The van der Waals surface area contributed by atoms with Crippen LogP contribution in [0.4, 0.5) is 0 Å². The molecule has 1 aromatic carbocycles. The van der Waals surface area contributed by atoms with Gasteiger partial charge in [0.2, 0.25) is 5.91 Å². The second kappa shape index (κ2) is 6.07. The van der Waals surface area contributed by atoms with Crippen molar-refractivity contribution < 1.29 is 9.59 Å². The van der Waals surface area contributed by atoms with Crippen molar-refractivity contribution in [1.29, 1.82) is 0 Å². The van der Waals surface area contributed by atoms with Crippen LogP contribution in [0.1, 0.15) is 34.9 Å². The van der Waals surface area contributed by atoms with Crippen LogP contribution < -0.4 is 5.32 Å². The maximum Gasteiger partial charge on any atom is 0.273 e. The van der Waals surface area contributed by atoms with Gasteiger partial charge in [0.15, 0.2) is 5.69 Å². The van der Waals surface area contributed by atoms with E-state index in [1.54, 1.807) is 10.9 Å². The summed E-state index contributed by atoms with van der Waals surface area (Å²) in [5.41, 5.74) is 1.34. The Kier molecular flexibility index (Phi) is 3.76. The van der Waals surface area contributed by atoms with Crippen LogP contribution >= 0.6 is 0 Å². The molecule has 2 aliphatic rings. The molecule has 4 rings (SSSR count). The van der Waals surface area contributed by atoms with Crippen molar-refractivity contribution in [2.75, 3.05) is 13.1 Å². The summed E-state index contributed by atoms with van der Waals surface area (Å²) < 4.78 is 1.69. The Balaban J connectivity index is 1.30. The maximum atomic E-state index is 12.1. The van der Waals surface area contributed by atoms with E-state index < -0.39 is 0 Å². The van der Waals surface area contributed by atoms with Gasteiger partial charge >= 0.3 is 0 Å². The van der Waals surface area contributed by atoms with Gasteiger partial charge in [0.05, 0.1) is 12.2 Å². The van der Waals surface area contributed by atoms with Crippen LogP contribution in [0.5, 0.6) is 0 Å². The first kappa shape index (κ1) is 14.9. The molecular weight excluding hydrogens is 306 g/mol. The lowest BCUT2D eigenvalue weighted by Crippen LogP contribution is -2.51. The van der Waals surface area contributed by atoms with Crippen molar-refractivity contribution in [3.63, 3.8) is 0 Å². The van der Waals surface area contributed by atoms with Crippen LogP contribution in [0.2, 0.25) is 0 Å². The molecule has 124 valence electrons. The number of amides is 2. The normalized spacial score (nSPS) is 17.4. The van der Waals surface area contributed by atoms with Crippen LogP contribution in [0.15, 0.2) is 36.5 Å². The van der Waals surface area contributed by atoms with Crippen molar-refractivity contribution in [2.45, 2.75) is 25.4 Å². The molecule has 1 aliphatic carbocycles. The summed E-state index contributed by atoms with van der Waals surface area (Å²) in [6.45, 7) is 1.77. The predicted molar refractivity (Wildman–Crippen MR) is 86.0 cm³/mol. The third-order valence-electron chi connectivity index (χ3n) is 4.51. The van der Waals surface area contributed by atoms with E-state index in [0.717, 1.165) is 18.4 Å². The molecule has 1 aromatic heterocycles. The van der Waals surface area contributed by atoms with E-state index in [1.165, 1.54) is 0 Å². The Morgan fingerprint density at radius 2 is 1.92 bits per heavy atom. The summed E-state index contributed by atoms with van der Waals surface area (Å²) >= 11 is 0. The third kappa shape index (κ3) is 3.02. The van der Waals surface area contributed by atoms with Crippen molar-refractivity contribution in [3.05, 3.63) is 47.8 Å². The summed E-state index contributed by atoms with van der Waals surface area (Å²) in [6.07, 6.45) is 3.70. The molecule has 2 aromatic rings. The van der Waals surface area contributed by atoms with Gasteiger partial charge in [0.25, 0.3) is 5.91 Å². The van der Waals surface area contributed by atoms with Gasteiger partial charge in [-0.05, 0) is 18.4 Å². The highest BCUT2D eigenvalue weighted by molar-refractivity contribution is 5.91. The highest BCUT2D eigenvalue weighted by Crippen LogP contribution is 2.34. The Bertz CT molecular complexity index is 747. The van der Waals surface area contributed by atoms with Gasteiger partial charge in [-0.2, -0.15) is 0 Å². The molecule has 2 fully saturated rings. The molecule has 1 aliphatic heterocycles. The Labute approximate surface area is 139 Å². The first-order valence-corrected chi connectivity index (χ1v) is 8.23. The molecule has 0 atom stereocenters. The van der Waals surface area contributed by atoms with E-state index in [1.807, 2.05) is 35.2 Å². The first-order valence-electron chi connectivity index (χ1n) is 8.23. The second-order valence-electron chi connectivity index (χ2n) is 6.42. The summed E-state index contributed by atoms with van der Waals surface area (Å²) in [4.78, 5) is 25.9. The lowest BCUT2D eigenvalue weighted by Gasteiger charge is -2.39. The number of hydrogen-bond acceptors (Lipinski definition) is 4. The van der Waals surface area contributed by atoms with E-state index in [4.69, 9.17) is 0 Å². The van der Waals surface area contributed by atoms with Gasteiger partial charge < -0.3 is 10.2 Å². The molecule has 2 heterocycles. The molecule has 1 saturated heterocycles. The standard InChI is InChI=1S/C17H19N5O2/c23-16(18-8-12-4-2-1-3-5-12)15-11-22(20-19-15)14-9-21(10-14)17(24)13-6-7-13/h1-5,11,13-14H,6-10H2,(H,18,23). The van der Waals surface area contributed by atoms with E-state index in [0.29, 0.717) is 25.3 Å². The monoisotopic (exact) mass is 325 g/mol. The number of nitrogens with one attached hydrogen (secondary N) is 1. The van der Waals surface area contributed by atoms with Gasteiger partial charge in [-0.15, -0.1) is 5.10 Å². The molecule has 1 N–H and O–H groups in total. The summed E-state index contributed by atoms with van der Waals surface area (Å²) in [5, 5.41) is 10.8. The van der Waals surface area contributed by atoms with Crippen LogP contribution in [-0.4, -0.2) is 44.8 Å². The van der Waals surface area contributed by atoms with Crippen molar-refractivity contribution in [2.24, 2.45) is 5.92 Å². The number of carbonyl (C=O) groups excluding carboxylic acids is 2. The zero-order chi connectivity index (χ0) is 16.5. The van der Waals surface area contributed by atoms with Gasteiger partial charge in [-0.1, -0.05) is 35.5 Å². The lowest BCUT2D eigenvalue weighted by atomic mass is 10.1. The maximum absolute atomic E-state index is 12.1. The molecule has 7 heteroatoms. The molecule has 0 unspecified atom stereocenters. The number of benzene rings is 1. The van der Waals surface area contributed by atoms with Crippen molar-refractivity contribution >= 4 is 11.8 Å². The molecule has 7 nitrogen and oxygen atoms in total. The third-order valence-corrected chi connectivity index (χ3v) is 4.51. The molecule has 2 amide bonds. The highest BCUT2D eigenvalue weighted by atomic mass is 16.2. The number of nitrogens with zero attached hydrogens (tertiary/aromatic N) is 4. The Morgan fingerprint density at radius 1 is 1.17 bits per heavy atom. The van der Waals surface area contributed by atoms with Crippen molar-refractivity contribution in [1.82, 2.24) is 25.2 Å². The van der Waals surface area contributed by atoms with Crippen LogP contribution in [0.3, 0.4) is 0 Å². The quantitative estimate of drug-likeness (QED) is 0.889. The van der Waals surface area contributed by atoms with Gasteiger partial charge in [0.1, 0.15) is 0 Å². The van der Waals surface area contributed by atoms with Crippen LogP contribution in [-0.2, 0) is 11.3 Å². The number of carbonyl (C=O) groups is 2. The SMILES string of the molecule is O=C(NCc1ccccc1)c1cn(C2CN(C(=O)C3CC3)C2)nn1. The minimum Gasteiger partial charge on any atom is -0.347 e. The fraction of sp³-hybridized carbons (Fsp3) is 0.412. The minimum absolute atomic E-state index is 0.121.